The predicted octanol–water partition coefficient (Wildman–Crippen LogP) is 3.09. The lowest BCUT2D eigenvalue weighted by atomic mass is 10.1. The van der Waals surface area contributed by atoms with E-state index in [0.29, 0.717) is 22.9 Å². The second-order valence-electron chi connectivity index (χ2n) is 6.34. The molecule has 0 aliphatic rings. The lowest BCUT2D eigenvalue weighted by molar-refractivity contribution is -0.384. The van der Waals surface area contributed by atoms with Gasteiger partial charge in [0, 0.05) is 24.1 Å². The normalized spacial score (nSPS) is 10.3. The molecule has 0 radical (unpaired) electrons. The molecule has 1 heterocycles. The van der Waals surface area contributed by atoms with E-state index >= 15 is 0 Å². The van der Waals surface area contributed by atoms with E-state index in [0.717, 1.165) is 36.1 Å². The van der Waals surface area contributed by atoms with Gasteiger partial charge in [-0.2, -0.15) is 0 Å². The molecule has 1 aromatic heterocycles. The average molecular weight is 458 g/mol. The maximum absolute atomic E-state index is 12.6. The second-order valence-corrected chi connectivity index (χ2v) is 7.40. The number of aromatic nitrogens is 2. The highest BCUT2D eigenvalue weighted by atomic mass is 32.1. The van der Waals surface area contributed by atoms with Crippen molar-refractivity contribution in [1.29, 1.82) is 0 Å². The van der Waals surface area contributed by atoms with Crippen LogP contribution >= 0.6 is 11.3 Å². The van der Waals surface area contributed by atoms with Gasteiger partial charge in [0.1, 0.15) is 5.01 Å². The minimum Gasteiger partial charge on any atom is -0.493 e. The first-order valence-corrected chi connectivity index (χ1v) is 9.88. The van der Waals surface area contributed by atoms with Crippen LogP contribution < -0.4 is 14.8 Å². The Morgan fingerprint density at radius 2 is 1.75 bits per heavy atom. The molecular formula is C20H18N4O7S. The summed E-state index contributed by atoms with van der Waals surface area (Å²) in [5, 5.41) is 22.5. The number of nitrogens with zero attached hydrogens (tertiary/aromatic N) is 3. The molecule has 0 fully saturated rings. The minimum absolute atomic E-state index is 0.0868. The quantitative estimate of drug-likeness (QED) is 0.306. The Morgan fingerprint density at radius 3 is 2.41 bits per heavy atom. The number of ether oxygens (including phenoxy) is 3. The molecule has 2 aromatic carbocycles. The van der Waals surface area contributed by atoms with E-state index in [9.17, 15) is 19.7 Å². The van der Waals surface area contributed by atoms with E-state index in [4.69, 9.17) is 9.47 Å². The molecule has 0 unspecified atom stereocenters. The average Bonchev–Trinajstić information content (AvgIpc) is 3.24. The molecule has 0 spiro atoms. The summed E-state index contributed by atoms with van der Waals surface area (Å²) in [6.07, 6.45) is 0.442. The van der Waals surface area contributed by atoms with E-state index in [1.807, 2.05) is 12.1 Å². The van der Waals surface area contributed by atoms with Crippen LogP contribution in [0, 0.1) is 10.1 Å². The van der Waals surface area contributed by atoms with Crippen LogP contribution in [0.15, 0.2) is 36.4 Å². The van der Waals surface area contributed by atoms with E-state index in [-0.39, 0.29) is 16.3 Å². The van der Waals surface area contributed by atoms with Crippen LogP contribution in [-0.2, 0) is 11.2 Å². The summed E-state index contributed by atoms with van der Waals surface area (Å²) in [7, 11) is 4.23. The molecule has 32 heavy (non-hydrogen) atoms. The number of carbonyl (C=O) groups excluding carboxylic acids is 2. The van der Waals surface area contributed by atoms with Gasteiger partial charge in [-0.1, -0.05) is 17.4 Å². The van der Waals surface area contributed by atoms with Gasteiger partial charge in [-0.15, -0.1) is 10.2 Å². The van der Waals surface area contributed by atoms with Crippen molar-refractivity contribution in [3.8, 4) is 11.5 Å². The molecule has 11 nitrogen and oxygen atoms in total. The number of rotatable bonds is 8. The predicted molar refractivity (Wildman–Crippen MR) is 115 cm³/mol. The SMILES string of the molecule is COC(=O)c1cc(C(=O)Nc2nnc(Cc3ccc(OC)c(OC)c3)s2)cc([N+](=O)[O-])c1. The standard InChI is InChI=1S/C20H18N4O7S/c1-29-15-5-4-11(6-16(15)30-2)7-17-22-23-20(32-17)21-18(25)12-8-13(19(26)31-3)10-14(9-12)24(27)28/h4-6,8-10H,7H2,1-3H3,(H,21,23,25). The van der Waals surface area contributed by atoms with Crippen molar-refractivity contribution in [2.24, 2.45) is 0 Å². The maximum Gasteiger partial charge on any atom is 0.338 e. The number of nitro benzene ring substituents is 1. The number of benzene rings is 2. The third-order valence-electron chi connectivity index (χ3n) is 4.30. The van der Waals surface area contributed by atoms with Crippen molar-refractivity contribution in [3.05, 3.63) is 68.2 Å². The summed E-state index contributed by atoms with van der Waals surface area (Å²) in [5.41, 5.74) is 0.289. The molecule has 3 aromatic rings. The van der Waals surface area contributed by atoms with Crippen LogP contribution in [0.2, 0.25) is 0 Å². The van der Waals surface area contributed by atoms with Crippen LogP contribution in [0.1, 0.15) is 31.3 Å². The van der Waals surface area contributed by atoms with Gasteiger partial charge in [0.15, 0.2) is 11.5 Å². The van der Waals surface area contributed by atoms with Crippen LogP contribution in [0.3, 0.4) is 0 Å². The van der Waals surface area contributed by atoms with Crippen molar-refractivity contribution in [1.82, 2.24) is 10.2 Å². The molecule has 0 bridgehead atoms. The number of anilines is 1. The van der Waals surface area contributed by atoms with Crippen LogP contribution in [0.25, 0.3) is 0 Å². The summed E-state index contributed by atoms with van der Waals surface area (Å²) < 4.78 is 15.1. The number of nitrogens with one attached hydrogen (secondary N) is 1. The molecule has 1 amide bonds. The largest absolute Gasteiger partial charge is 0.493 e. The smallest absolute Gasteiger partial charge is 0.338 e. The van der Waals surface area contributed by atoms with Crippen molar-refractivity contribution >= 4 is 34.0 Å². The minimum atomic E-state index is -0.795. The van der Waals surface area contributed by atoms with E-state index in [2.05, 4.69) is 20.3 Å². The Kier molecular flexibility index (Phi) is 6.95. The fourth-order valence-corrected chi connectivity index (χ4v) is 3.56. The highest BCUT2D eigenvalue weighted by Gasteiger charge is 2.19. The highest BCUT2D eigenvalue weighted by molar-refractivity contribution is 7.15. The van der Waals surface area contributed by atoms with Gasteiger partial charge in [-0.05, 0) is 23.8 Å². The highest BCUT2D eigenvalue weighted by Crippen LogP contribution is 2.29. The monoisotopic (exact) mass is 458 g/mol. The molecular weight excluding hydrogens is 440 g/mol. The first kappa shape index (κ1) is 22.6. The summed E-state index contributed by atoms with van der Waals surface area (Å²) >= 11 is 1.15. The van der Waals surface area contributed by atoms with Gasteiger partial charge >= 0.3 is 5.97 Å². The van der Waals surface area contributed by atoms with Crippen LogP contribution in [-0.4, -0.2) is 48.3 Å². The summed E-state index contributed by atoms with van der Waals surface area (Å²) in [6.45, 7) is 0. The molecule has 0 atom stereocenters. The van der Waals surface area contributed by atoms with Crippen LogP contribution in [0.4, 0.5) is 10.8 Å². The fourth-order valence-electron chi connectivity index (χ4n) is 2.79. The number of non-ortho nitro benzene ring substituents is 1. The van der Waals surface area contributed by atoms with Crippen LogP contribution in [0.5, 0.6) is 11.5 Å². The molecule has 3 rings (SSSR count). The van der Waals surface area contributed by atoms with Gasteiger partial charge in [0.05, 0.1) is 31.8 Å². The third kappa shape index (κ3) is 5.16. The van der Waals surface area contributed by atoms with Gasteiger partial charge in [0.25, 0.3) is 11.6 Å². The Labute approximate surface area is 186 Å². The second kappa shape index (κ2) is 9.83. The molecule has 1 N–H and O–H groups in total. The Balaban J connectivity index is 1.77. The zero-order valence-corrected chi connectivity index (χ0v) is 18.1. The molecule has 0 saturated carbocycles. The molecule has 0 aliphatic carbocycles. The molecule has 0 aliphatic heterocycles. The lowest BCUT2D eigenvalue weighted by Gasteiger charge is -2.08. The van der Waals surface area contributed by atoms with Crippen molar-refractivity contribution in [2.75, 3.05) is 26.6 Å². The fraction of sp³-hybridized carbons (Fsp3) is 0.200. The van der Waals surface area contributed by atoms with Gasteiger partial charge in [0.2, 0.25) is 5.13 Å². The zero-order chi connectivity index (χ0) is 23.3. The summed E-state index contributed by atoms with van der Waals surface area (Å²) in [5.74, 6) is -0.289. The topological polar surface area (TPSA) is 143 Å². The summed E-state index contributed by atoms with van der Waals surface area (Å²) in [4.78, 5) is 34.8. The Morgan fingerprint density at radius 1 is 1.03 bits per heavy atom. The Hall–Kier alpha value is -4.06. The first-order chi connectivity index (χ1) is 15.3. The van der Waals surface area contributed by atoms with Gasteiger partial charge < -0.3 is 14.2 Å². The van der Waals surface area contributed by atoms with Gasteiger partial charge in [-0.25, -0.2) is 4.79 Å². The zero-order valence-electron chi connectivity index (χ0n) is 17.3. The van der Waals surface area contributed by atoms with Crippen molar-refractivity contribution in [3.63, 3.8) is 0 Å². The maximum atomic E-state index is 12.6. The number of methoxy groups -OCH3 is 3. The molecule has 166 valence electrons. The number of hydrogen-bond donors (Lipinski definition) is 1. The van der Waals surface area contributed by atoms with Gasteiger partial charge in [-0.3, -0.25) is 20.2 Å². The number of amides is 1. The molecule has 0 saturated heterocycles. The number of esters is 1. The number of hydrogen-bond acceptors (Lipinski definition) is 10. The Bertz CT molecular complexity index is 1180. The van der Waals surface area contributed by atoms with E-state index < -0.39 is 22.5 Å². The van der Waals surface area contributed by atoms with Crippen molar-refractivity contribution in [2.45, 2.75) is 6.42 Å². The van der Waals surface area contributed by atoms with E-state index in [1.54, 1.807) is 20.3 Å². The number of nitro groups is 1. The third-order valence-corrected chi connectivity index (χ3v) is 5.14. The van der Waals surface area contributed by atoms with E-state index in [1.165, 1.54) is 6.07 Å². The van der Waals surface area contributed by atoms with Crippen molar-refractivity contribution < 1.29 is 28.7 Å². The molecule has 12 heteroatoms. The number of carbonyl (C=O) groups is 2. The first-order valence-electron chi connectivity index (χ1n) is 9.07. The summed E-state index contributed by atoms with van der Waals surface area (Å²) in [6, 6.07) is 8.76. The lowest BCUT2D eigenvalue weighted by Crippen LogP contribution is -2.14.